The molecule has 0 saturated carbocycles. The van der Waals surface area contributed by atoms with Gasteiger partial charge in [0.1, 0.15) is 11.3 Å². The summed E-state index contributed by atoms with van der Waals surface area (Å²) < 4.78 is 16.6. The highest BCUT2D eigenvalue weighted by molar-refractivity contribution is 6.33. The maximum absolute atomic E-state index is 13.1. The van der Waals surface area contributed by atoms with Crippen molar-refractivity contribution in [2.24, 2.45) is 0 Å². The molecule has 0 amide bonds. The topological polar surface area (TPSA) is 65.7 Å². The van der Waals surface area contributed by atoms with Gasteiger partial charge in [-0.3, -0.25) is 4.79 Å². The van der Waals surface area contributed by atoms with E-state index in [-0.39, 0.29) is 22.1 Å². The van der Waals surface area contributed by atoms with Gasteiger partial charge in [-0.2, -0.15) is 0 Å². The molecule has 1 aromatic heterocycles. The van der Waals surface area contributed by atoms with Crippen molar-refractivity contribution in [2.45, 2.75) is 0 Å². The fraction of sp³-hybridized carbons (Fsp3) is 0.0435. The Morgan fingerprint density at radius 2 is 1.62 bits per heavy atom. The first-order valence-corrected chi connectivity index (χ1v) is 9.13. The zero-order valence-electron chi connectivity index (χ0n) is 15.3. The maximum atomic E-state index is 13.1. The number of carbonyl (C=O) groups excluding carboxylic acids is 1. The number of fused-ring (bicyclic) bond motifs is 1. The number of ether oxygens (including phenoxy) is 2. The van der Waals surface area contributed by atoms with Crippen LogP contribution in [-0.4, -0.2) is 13.1 Å². The second-order valence-electron chi connectivity index (χ2n) is 6.18. The Morgan fingerprint density at radius 3 is 2.34 bits per heavy atom. The highest BCUT2D eigenvalue weighted by atomic mass is 35.5. The number of esters is 1. The van der Waals surface area contributed by atoms with E-state index in [2.05, 4.69) is 0 Å². The SMILES string of the molecule is COc1ccc(-c2oc3ccccc3c(=O)c2OC(=O)c2ccccc2Cl)cc1. The third kappa shape index (κ3) is 3.60. The summed E-state index contributed by atoms with van der Waals surface area (Å²) in [5, 5.41) is 0.542. The fourth-order valence-electron chi connectivity index (χ4n) is 2.92. The summed E-state index contributed by atoms with van der Waals surface area (Å²) in [5.41, 5.74) is 0.664. The van der Waals surface area contributed by atoms with E-state index < -0.39 is 11.4 Å². The molecule has 0 N–H and O–H groups in total. The van der Waals surface area contributed by atoms with Crippen molar-refractivity contribution in [2.75, 3.05) is 7.11 Å². The van der Waals surface area contributed by atoms with Crippen LogP contribution in [0.2, 0.25) is 5.02 Å². The van der Waals surface area contributed by atoms with Crippen LogP contribution in [-0.2, 0) is 0 Å². The highest BCUT2D eigenvalue weighted by Gasteiger charge is 2.22. The normalized spacial score (nSPS) is 10.7. The molecule has 0 fully saturated rings. The molecule has 0 aliphatic heterocycles. The molecule has 0 bridgehead atoms. The molecule has 0 atom stereocenters. The van der Waals surface area contributed by atoms with Crippen LogP contribution in [0.15, 0.2) is 82.0 Å². The molecule has 0 aliphatic carbocycles. The predicted molar refractivity (Wildman–Crippen MR) is 111 cm³/mol. The zero-order chi connectivity index (χ0) is 20.4. The Morgan fingerprint density at radius 1 is 0.931 bits per heavy atom. The van der Waals surface area contributed by atoms with Crippen LogP contribution < -0.4 is 14.9 Å². The monoisotopic (exact) mass is 406 g/mol. The lowest BCUT2D eigenvalue weighted by Crippen LogP contribution is -2.16. The van der Waals surface area contributed by atoms with Crippen LogP contribution in [0.5, 0.6) is 11.5 Å². The minimum atomic E-state index is -0.743. The number of carbonyl (C=O) groups is 1. The van der Waals surface area contributed by atoms with E-state index >= 15 is 0 Å². The van der Waals surface area contributed by atoms with Crippen molar-refractivity contribution in [3.05, 3.63) is 93.6 Å². The molecular formula is C23H15ClO5. The molecule has 3 aromatic carbocycles. The summed E-state index contributed by atoms with van der Waals surface area (Å²) in [6.45, 7) is 0. The molecule has 0 radical (unpaired) electrons. The molecule has 144 valence electrons. The van der Waals surface area contributed by atoms with Gasteiger partial charge in [-0.05, 0) is 48.5 Å². The average molecular weight is 407 g/mol. The number of para-hydroxylation sites is 1. The molecule has 0 saturated heterocycles. The number of rotatable bonds is 4. The van der Waals surface area contributed by atoms with Gasteiger partial charge in [-0.15, -0.1) is 0 Å². The van der Waals surface area contributed by atoms with Crippen molar-refractivity contribution in [3.8, 4) is 22.8 Å². The number of hydrogen-bond acceptors (Lipinski definition) is 5. The summed E-state index contributed by atoms with van der Waals surface area (Å²) in [5.74, 6) is -0.144. The molecule has 0 unspecified atom stereocenters. The quantitative estimate of drug-likeness (QED) is 0.428. The van der Waals surface area contributed by atoms with Crippen molar-refractivity contribution < 1.29 is 18.7 Å². The van der Waals surface area contributed by atoms with Crippen molar-refractivity contribution in [1.29, 1.82) is 0 Å². The summed E-state index contributed by atoms with van der Waals surface area (Å²) in [7, 11) is 1.56. The minimum absolute atomic E-state index is 0.150. The molecule has 29 heavy (non-hydrogen) atoms. The van der Waals surface area contributed by atoms with Gasteiger partial charge in [-0.25, -0.2) is 4.79 Å². The predicted octanol–water partition coefficient (Wildman–Crippen LogP) is 5.34. The van der Waals surface area contributed by atoms with Gasteiger partial charge in [0.15, 0.2) is 5.76 Å². The van der Waals surface area contributed by atoms with Crippen molar-refractivity contribution in [1.82, 2.24) is 0 Å². The lowest BCUT2D eigenvalue weighted by molar-refractivity contribution is 0.0731. The first-order chi connectivity index (χ1) is 14.1. The summed E-state index contributed by atoms with van der Waals surface area (Å²) >= 11 is 6.09. The average Bonchev–Trinajstić information content (AvgIpc) is 2.76. The summed E-state index contributed by atoms with van der Waals surface area (Å²) in [6, 6.07) is 20.1. The third-order valence-electron chi connectivity index (χ3n) is 4.40. The Labute approximate surface area is 171 Å². The Hall–Kier alpha value is -3.57. The lowest BCUT2D eigenvalue weighted by atomic mass is 10.1. The first-order valence-electron chi connectivity index (χ1n) is 8.75. The Kier molecular flexibility index (Phi) is 5.06. The Bertz CT molecular complexity index is 1260. The van der Waals surface area contributed by atoms with Gasteiger partial charge in [0.2, 0.25) is 11.2 Å². The fourth-order valence-corrected chi connectivity index (χ4v) is 3.14. The lowest BCUT2D eigenvalue weighted by Gasteiger charge is -2.11. The molecule has 0 spiro atoms. The van der Waals surface area contributed by atoms with Gasteiger partial charge < -0.3 is 13.9 Å². The maximum Gasteiger partial charge on any atom is 0.345 e. The molecule has 6 heteroatoms. The summed E-state index contributed by atoms with van der Waals surface area (Å²) in [6.07, 6.45) is 0. The zero-order valence-corrected chi connectivity index (χ0v) is 16.1. The van der Waals surface area contributed by atoms with Gasteiger partial charge in [0.25, 0.3) is 0 Å². The molecule has 4 rings (SSSR count). The van der Waals surface area contributed by atoms with Crippen LogP contribution in [0.3, 0.4) is 0 Å². The van der Waals surface area contributed by atoms with Crippen LogP contribution in [0, 0.1) is 0 Å². The second-order valence-corrected chi connectivity index (χ2v) is 6.59. The summed E-state index contributed by atoms with van der Waals surface area (Å²) in [4.78, 5) is 25.8. The van der Waals surface area contributed by atoms with Gasteiger partial charge in [-0.1, -0.05) is 35.9 Å². The second kappa shape index (κ2) is 7.81. The number of methoxy groups -OCH3 is 1. The van der Waals surface area contributed by atoms with E-state index in [4.69, 9.17) is 25.5 Å². The van der Waals surface area contributed by atoms with Gasteiger partial charge in [0.05, 0.1) is 23.1 Å². The van der Waals surface area contributed by atoms with Crippen molar-refractivity contribution in [3.63, 3.8) is 0 Å². The number of benzene rings is 3. The number of halogens is 1. The smallest absolute Gasteiger partial charge is 0.345 e. The van der Waals surface area contributed by atoms with Crippen LogP contribution in [0.25, 0.3) is 22.3 Å². The largest absolute Gasteiger partial charge is 0.497 e. The highest BCUT2D eigenvalue weighted by Crippen LogP contribution is 2.32. The standard InChI is InChI=1S/C23H15ClO5/c1-27-15-12-10-14(11-13-15)21-22(20(25)17-7-3-5-9-19(17)28-21)29-23(26)16-6-2-4-8-18(16)24/h2-13H,1H3. The van der Waals surface area contributed by atoms with Crippen LogP contribution in [0.1, 0.15) is 10.4 Å². The molecule has 4 aromatic rings. The van der Waals surface area contributed by atoms with Gasteiger partial charge in [0, 0.05) is 5.56 Å². The van der Waals surface area contributed by atoms with E-state index in [1.54, 1.807) is 73.8 Å². The van der Waals surface area contributed by atoms with Crippen LogP contribution >= 0.6 is 11.6 Å². The first kappa shape index (κ1) is 18.8. The minimum Gasteiger partial charge on any atom is -0.497 e. The van der Waals surface area contributed by atoms with E-state index in [0.717, 1.165) is 0 Å². The molecule has 5 nitrogen and oxygen atoms in total. The van der Waals surface area contributed by atoms with E-state index in [1.165, 1.54) is 6.07 Å². The third-order valence-corrected chi connectivity index (χ3v) is 4.73. The molecular weight excluding hydrogens is 392 g/mol. The van der Waals surface area contributed by atoms with E-state index in [9.17, 15) is 9.59 Å². The molecule has 1 heterocycles. The molecule has 0 aliphatic rings. The number of hydrogen-bond donors (Lipinski definition) is 0. The van der Waals surface area contributed by atoms with Gasteiger partial charge >= 0.3 is 5.97 Å². The van der Waals surface area contributed by atoms with E-state index in [0.29, 0.717) is 22.3 Å². The van der Waals surface area contributed by atoms with Crippen molar-refractivity contribution >= 4 is 28.5 Å². The van der Waals surface area contributed by atoms with Crippen LogP contribution in [0.4, 0.5) is 0 Å². The Balaban J connectivity index is 1.88. The van der Waals surface area contributed by atoms with E-state index in [1.807, 2.05) is 0 Å².